The first-order valence-electron chi connectivity index (χ1n) is 7.31. The standard InChI is InChI=1S/C13H14F3N5O5/c1-4-19-9(17)6-10(20-4)21(3-18-6)11-8(23)7(22)5(26-11)2-25-12(24)13(14,15)16/h3,5,7-8,11,22-23H,2H2,1H3,(H2,17,19,20)/t5-,7?,8?,11-/m1/s1. The van der Waals surface area contributed by atoms with Crippen molar-refractivity contribution in [2.45, 2.75) is 37.6 Å². The number of fused-ring (bicyclic) bond motifs is 1. The van der Waals surface area contributed by atoms with Crippen LogP contribution in [0.5, 0.6) is 0 Å². The van der Waals surface area contributed by atoms with E-state index in [4.69, 9.17) is 10.5 Å². The zero-order valence-corrected chi connectivity index (χ0v) is 13.2. The van der Waals surface area contributed by atoms with E-state index in [-0.39, 0.29) is 17.0 Å². The van der Waals surface area contributed by atoms with Crippen molar-refractivity contribution in [2.75, 3.05) is 12.3 Å². The molecule has 142 valence electrons. The van der Waals surface area contributed by atoms with Gasteiger partial charge in [0.25, 0.3) is 0 Å². The number of nitrogen functional groups attached to an aromatic ring is 1. The molecule has 0 saturated carbocycles. The van der Waals surface area contributed by atoms with Gasteiger partial charge in [0, 0.05) is 0 Å². The molecular weight excluding hydrogens is 363 g/mol. The predicted octanol–water partition coefficient (Wildman–Crippen LogP) is -0.558. The summed E-state index contributed by atoms with van der Waals surface area (Å²) in [5.41, 5.74) is 6.17. The van der Waals surface area contributed by atoms with Crippen LogP contribution in [0.1, 0.15) is 12.1 Å². The van der Waals surface area contributed by atoms with Crippen LogP contribution >= 0.6 is 0 Å². The Balaban J connectivity index is 1.81. The molecule has 0 aliphatic carbocycles. The number of aliphatic hydroxyl groups is 2. The fraction of sp³-hybridized carbons (Fsp3) is 0.538. The van der Waals surface area contributed by atoms with E-state index in [2.05, 4.69) is 19.7 Å². The number of nitrogens with two attached hydrogens (primary N) is 1. The van der Waals surface area contributed by atoms with Gasteiger partial charge >= 0.3 is 12.1 Å². The number of nitrogens with zero attached hydrogens (tertiary/aromatic N) is 4. The average molecular weight is 377 g/mol. The Morgan fingerprint density at radius 3 is 2.73 bits per heavy atom. The number of aromatic nitrogens is 4. The maximum Gasteiger partial charge on any atom is 0.490 e. The molecule has 2 aromatic heterocycles. The van der Waals surface area contributed by atoms with Crippen molar-refractivity contribution in [3.05, 3.63) is 12.2 Å². The van der Waals surface area contributed by atoms with Crippen molar-refractivity contribution >= 4 is 23.0 Å². The number of carbonyl (C=O) groups excluding carboxylic acids is 1. The number of aryl methyl sites for hydroxylation is 1. The molecule has 26 heavy (non-hydrogen) atoms. The van der Waals surface area contributed by atoms with Gasteiger partial charge in [-0.2, -0.15) is 13.2 Å². The van der Waals surface area contributed by atoms with Gasteiger partial charge in [-0.05, 0) is 6.92 Å². The minimum Gasteiger partial charge on any atom is -0.456 e. The molecule has 2 aromatic rings. The van der Waals surface area contributed by atoms with Crippen molar-refractivity contribution in [1.29, 1.82) is 0 Å². The Morgan fingerprint density at radius 2 is 2.08 bits per heavy atom. The number of alkyl halides is 3. The number of imidazole rings is 1. The molecule has 0 amide bonds. The smallest absolute Gasteiger partial charge is 0.456 e. The van der Waals surface area contributed by atoms with E-state index in [1.807, 2.05) is 0 Å². The molecule has 1 fully saturated rings. The zero-order valence-electron chi connectivity index (χ0n) is 13.2. The topological polar surface area (TPSA) is 146 Å². The molecule has 1 aliphatic rings. The lowest BCUT2D eigenvalue weighted by Crippen LogP contribution is -2.36. The largest absolute Gasteiger partial charge is 0.490 e. The third-order valence-corrected chi connectivity index (χ3v) is 3.78. The van der Waals surface area contributed by atoms with E-state index >= 15 is 0 Å². The molecule has 0 radical (unpaired) electrons. The van der Waals surface area contributed by atoms with Gasteiger partial charge in [-0.1, -0.05) is 0 Å². The van der Waals surface area contributed by atoms with Gasteiger partial charge in [-0.25, -0.2) is 19.7 Å². The van der Waals surface area contributed by atoms with Crippen LogP contribution < -0.4 is 5.73 Å². The highest BCUT2D eigenvalue weighted by molar-refractivity contribution is 5.81. The summed E-state index contributed by atoms with van der Waals surface area (Å²) in [5.74, 6) is -2.01. The van der Waals surface area contributed by atoms with E-state index in [0.29, 0.717) is 5.82 Å². The van der Waals surface area contributed by atoms with Crippen LogP contribution in [0.15, 0.2) is 6.33 Å². The lowest BCUT2D eigenvalue weighted by molar-refractivity contribution is -0.203. The second-order valence-electron chi connectivity index (χ2n) is 5.62. The summed E-state index contributed by atoms with van der Waals surface area (Å²) in [5, 5.41) is 20.1. The van der Waals surface area contributed by atoms with Gasteiger partial charge in [0.1, 0.15) is 36.3 Å². The molecule has 2 unspecified atom stereocenters. The van der Waals surface area contributed by atoms with Crippen molar-refractivity contribution in [3.63, 3.8) is 0 Å². The SMILES string of the molecule is Cc1nc(N)c2ncn([C@@H]3O[C@H](COC(=O)C(F)(F)F)C(O)C3O)c2n1. The van der Waals surface area contributed by atoms with E-state index in [9.17, 15) is 28.2 Å². The molecule has 0 spiro atoms. The zero-order chi connectivity index (χ0) is 19.2. The number of carbonyl (C=O) groups is 1. The molecule has 1 aliphatic heterocycles. The van der Waals surface area contributed by atoms with Crippen LogP contribution in [0.25, 0.3) is 11.2 Å². The third kappa shape index (κ3) is 3.15. The fourth-order valence-corrected chi connectivity index (χ4v) is 2.57. The van der Waals surface area contributed by atoms with Crippen LogP contribution in [0.4, 0.5) is 19.0 Å². The Bertz CT molecular complexity index is 841. The molecule has 10 nitrogen and oxygen atoms in total. The first-order valence-corrected chi connectivity index (χ1v) is 7.31. The lowest BCUT2D eigenvalue weighted by Gasteiger charge is -2.16. The molecule has 3 rings (SSSR count). The number of hydrogen-bond donors (Lipinski definition) is 3. The summed E-state index contributed by atoms with van der Waals surface area (Å²) in [6.07, 6.45) is -9.66. The highest BCUT2D eigenvalue weighted by Gasteiger charge is 2.47. The van der Waals surface area contributed by atoms with Gasteiger partial charge in [0.2, 0.25) is 0 Å². The maximum atomic E-state index is 12.2. The summed E-state index contributed by atoms with van der Waals surface area (Å²) >= 11 is 0. The normalized spacial score (nSPS) is 26.4. The number of aliphatic hydroxyl groups excluding tert-OH is 2. The molecule has 13 heteroatoms. The van der Waals surface area contributed by atoms with E-state index in [0.717, 1.165) is 0 Å². The minimum absolute atomic E-state index is 0.0925. The average Bonchev–Trinajstić information content (AvgIpc) is 3.07. The Morgan fingerprint density at radius 1 is 1.38 bits per heavy atom. The van der Waals surface area contributed by atoms with Gasteiger partial charge < -0.3 is 25.4 Å². The van der Waals surface area contributed by atoms with Crippen molar-refractivity contribution in [2.24, 2.45) is 0 Å². The number of esters is 1. The highest BCUT2D eigenvalue weighted by atomic mass is 19.4. The Hall–Kier alpha value is -2.51. The monoisotopic (exact) mass is 377 g/mol. The number of rotatable bonds is 3. The first kappa shape index (κ1) is 18.3. The van der Waals surface area contributed by atoms with Gasteiger partial charge in [-0.3, -0.25) is 4.57 Å². The quantitative estimate of drug-likeness (QED) is 0.599. The second-order valence-corrected chi connectivity index (χ2v) is 5.62. The molecule has 4 atom stereocenters. The summed E-state index contributed by atoms with van der Waals surface area (Å²) in [6, 6.07) is 0. The van der Waals surface area contributed by atoms with Crippen LogP contribution in [-0.2, 0) is 14.3 Å². The minimum atomic E-state index is -5.17. The van der Waals surface area contributed by atoms with E-state index in [1.54, 1.807) is 6.92 Å². The van der Waals surface area contributed by atoms with Crippen molar-refractivity contribution in [1.82, 2.24) is 19.5 Å². The first-order chi connectivity index (χ1) is 12.1. The molecule has 0 bridgehead atoms. The maximum absolute atomic E-state index is 12.2. The summed E-state index contributed by atoms with van der Waals surface area (Å²) in [4.78, 5) is 22.8. The Kier molecular flexibility index (Phi) is 4.46. The van der Waals surface area contributed by atoms with Gasteiger partial charge in [0.15, 0.2) is 17.7 Å². The lowest BCUT2D eigenvalue weighted by atomic mass is 10.1. The fourth-order valence-electron chi connectivity index (χ4n) is 2.57. The number of halogens is 3. The van der Waals surface area contributed by atoms with Crippen molar-refractivity contribution in [3.8, 4) is 0 Å². The van der Waals surface area contributed by atoms with E-state index in [1.165, 1.54) is 10.9 Å². The molecular formula is C13H14F3N5O5. The summed E-state index contributed by atoms with van der Waals surface area (Å²) in [6.45, 7) is 0.684. The Labute approximate surface area is 143 Å². The number of hydrogen-bond acceptors (Lipinski definition) is 9. The number of ether oxygens (including phenoxy) is 2. The third-order valence-electron chi connectivity index (χ3n) is 3.78. The molecule has 4 N–H and O–H groups in total. The van der Waals surface area contributed by atoms with Gasteiger partial charge in [-0.15, -0.1) is 0 Å². The molecule has 3 heterocycles. The van der Waals surface area contributed by atoms with Crippen LogP contribution in [-0.4, -0.2) is 66.8 Å². The summed E-state index contributed by atoms with van der Waals surface area (Å²) < 4.78 is 47.2. The van der Waals surface area contributed by atoms with Crippen LogP contribution in [0.2, 0.25) is 0 Å². The van der Waals surface area contributed by atoms with Crippen molar-refractivity contribution < 1.29 is 37.7 Å². The highest BCUT2D eigenvalue weighted by Crippen LogP contribution is 2.32. The van der Waals surface area contributed by atoms with Crippen LogP contribution in [0.3, 0.4) is 0 Å². The summed E-state index contributed by atoms with van der Waals surface area (Å²) in [7, 11) is 0. The molecule has 1 saturated heterocycles. The predicted molar refractivity (Wildman–Crippen MR) is 77.4 cm³/mol. The van der Waals surface area contributed by atoms with Gasteiger partial charge in [0.05, 0.1) is 6.33 Å². The second kappa shape index (κ2) is 6.34. The molecule has 0 aromatic carbocycles. The van der Waals surface area contributed by atoms with Crippen LogP contribution in [0, 0.1) is 6.92 Å². The van der Waals surface area contributed by atoms with E-state index < -0.39 is 43.3 Å². The number of anilines is 1.